The molecule has 3 aromatic rings. The Kier molecular flexibility index (Phi) is 4.35. The van der Waals surface area contributed by atoms with Crippen LogP contribution in [0.5, 0.6) is 0 Å². The van der Waals surface area contributed by atoms with Crippen molar-refractivity contribution >= 4 is 34.3 Å². The van der Waals surface area contributed by atoms with Gasteiger partial charge < -0.3 is 15.1 Å². The van der Waals surface area contributed by atoms with Gasteiger partial charge in [-0.2, -0.15) is 0 Å². The number of fused-ring (bicyclic) bond motifs is 1. The highest BCUT2D eigenvalue weighted by Crippen LogP contribution is 2.41. The highest BCUT2D eigenvalue weighted by atomic mass is 19.1. The van der Waals surface area contributed by atoms with Gasteiger partial charge in [0.15, 0.2) is 11.6 Å². The minimum atomic E-state index is -0.676. The standard InChI is InChI=1S/C22H20F2N6O/c1-3-18(31)30-9-8-22(30)10-29(11-22)17-7-6-16-20(28-17)21(26-12-25-16)27-15-5-4-14(23)13(2)19(15)24/h3-7,12H,1,8-11H2,2H3,(H,25,26,27). The van der Waals surface area contributed by atoms with Crippen molar-refractivity contribution in [3.63, 3.8) is 0 Å². The van der Waals surface area contributed by atoms with E-state index in [1.165, 1.54) is 31.5 Å². The molecule has 1 N–H and O–H groups in total. The summed E-state index contributed by atoms with van der Waals surface area (Å²) in [5.41, 5.74) is 0.979. The molecule has 2 aliphatic heterocycles. The normalized spacial score (nSPS) is 16.7. The van der Waals surface area contributed by atoms with Crippen molar-refractivity contribution in [2.75, 3.05) is 29.9 Å². The first kappa shape index (κ1) is 19.3. The van der Waals surface area contributed by atoms with E-state index < -0.39 is 11.6 Å². The molecule has 2 aromatic heterocycles. The van der Waals surface area contributed by atoms with E-state index in [9.17, 15) is 13.6 Å². The zero-order chi connectivity index (χ0) is 21.8. The number of hydrogen-bond donors (Lipinski definition) is 1. The van der Waals surface area contributed by atoms with Crippen molar-refractivity contribution in [3.05, 3.63) is 60.4 Å². The lowest BCUT2D eigenvalue weighted by molar-refractivity contribution is -0.144. The Hall–Kier alpha value is -3.62. The molecule has 2 saturated heterocycles. The summed E-state index contributed by atoms with van der Waals surface area (Å²) in [7, 11) is 0. The number of benzene rings is 1. The molecule has 0 radical (unpaired) electrons. The van der Waals surface area contributed by atoms with E-state index in [1.54, 1.807) is 0 Å². The summed E-state index contributed by atoms with van der Waals surface area (Å²) in [5, 5.41) is 2.92. The van der Waals surface area contributed by atoms with Gasteiger partial charge in [-0.1, -0.05) is 6.58 Å². The number of anilines is 3. The zero-order valence-electron chi connectivity index (χ0n) is 16.9. The Morgan fingerprint density at radius 1 is 1.23 bits per heavy atom. The van der Waals surface area contributed by atoms with Gasteiger partial charge in [-0.15, -0.1) is 0 Å². The lowest BCUT2D eigenvalue weighted by Gasteiger charge is -2.62. The van der Waals surface area contributed by atoms with Gasteiger partial charge in [-0.3, -0.25) is 4.79 Å². The van der Waals surface area contributed by atoms with Gasteiger partial charge in [0.1, 0.15) is 23.5 Å². The summed E-state index contributed by atoms with van der Waals surface area (Å²) in [4.78, 5) is 29.1. The number of pyridine rings is 1. The van der Waals surface area contributed by atoms with Gasteiger partial charge in [0.05, 0.1) is 16.7 Å². The Labute approximate surface area is 177 Å². The quantitative estimate of drug-likeness (QED) is 0.650. The number of likely N-dealkylation sites (tertiary alicyclic amines) is 1. The van der Waals surface area contributed by atoms with Gasteiger partial charge in [0.2, 0.25) is 5.91 Å². The second kappa shape index (κ2) is 6.97. The molecule has 2 fully saturated rings. The molecule has 0 unspecified atom stereocenters. The molecule has 1 aromatic carbocycles. The van der Waals surface area contributed by atoms with Crippen molar-refractivity contribution < 1.29 is 13.6 Å². The van der Waals surface area contributed by atoms with Crippen LogP contribution in [0.2, 0.25) is 0 Å². The minimum Gasteiger partial charge on any atom is -0.352 e. The van der Waals surface area contributed by atoms with E-state index >= 15 is 0 Å². The van der Waals surface area contributed by atoms with Crippen molar-refractivity contribution in [1.29, 1.82) is 0 Å². The summed E-state index contributed by atoms with van der Waals surface area (Å²) in [6, 6.07) is 6.23. The maximum Gasteiger partial charge on any atom is 0.246 e. The molecule has 0 saturated carbocycles. The molecule has 0 aliphatic carbocycles. The fourth-order valence-corrected chi connectivity index (χ4v) is 4.23. The van der Waals surface area contributed by atoms with Crippen LogP contribution in [0, 0.1) is 18.6 Å². The van der Waals surface area contributed by atoms with Crippen LogP contribution in [0.15, 0.2) is 43.2 Å². The number of nitrogens with zero attached hydrogens (tertiary/aromatic N) is 5. The van der Waals surface area contributed by atoms with Crippen molar-refractivity contribution in [2.45, 2.75) is 18.9 Å². The number of amides is 1. The lowest BCUT2D eigenvalue weighted by atomic mass is 9.77. The van der Waals surface area contributed by atoms with Crippen LogP contribution in [0.1, 0.15) is 12.0 Å². The molecule has 9 heteroatoms. The van der Waals surface area contributed by atoms with Crippen molar-refractivity contribution in [3.8, 4) is 0 Å². The number of halogens is 2. The van der Waals surface area contributed by atoms with Crippen LogP contribution < -0.4 is 10.2 Å². The summed E-state index contributed by atoms with van der Waals surface area (Å²) < 4.78 is 28.1. The fraction of sp³-hybridized carbons (Fsp3) is 0.273. The molecule has 0 bridgehead atoms. The van der Waals surface area contributed by atoms with Crippen molar-refractivity contribution in [1.82, 2.24) is 19.9 Å². The van der Waals surface area contributed by atoms with Gasteiger partial charge in [0.25, 0.3) is 0 Å². The number of nitrogens with one attached hydrogen (secondary N) is 1. The van der Waals surface area contributed by atoms with Crippen molar-refractivity contribution in [2.24, 2.45) is 0 Å². The summed E-state index contributed by atoms with van der Waals surface area (Å²) in [6.45, 7) is 7.07. The van der Waals surface area contributed by atoms with Gasteiger partial charge >= 0.3 is 0 Å². The number of carbonyl (C=O) groups is 1. The smallest absolute Gasteiger partial charge is 0.246 e. The van der Waals surface area contributed by atoms with Crippen LogP contribution in [-0.2, 0) is 4.79 Å². The molecule has 31 heavy (non-hydrogen) atoms. The second-order valence-corrected chi connectivity index (χ2v) is 7.94. The summed E-state index contributed by atoms with van der Waals surface area (Å²) >= 11 is 0. The number of hydrogen-bond acceptors (Lipinski definition) is 6. The highest BCUT2D eigenvalue weighted by molar-refractivity contribution is 5.90. The Balaban J connectivity index is 1.43. The molecular formula is C22H20F2N6O. The van der Waals surface area contributed by atoms with Crippen LogP contribution >= 0.6 is 0 Å². The zero-order valence-corrected chi connectivity index (χ0v) is 16.9. The molecule has 158 valence electrons. The largest absolute Gasteiger partial charge is 0.352 e. The summed E-state index contributed by atoms with van der Waals surface area (Å²) in [5.74, 6) is -0.273. The first-order chi connectivity index (χ1) is 14.9. The summed E-state index contributed by atoms with van der Waals surface area (Å²) in [6.07, 6.45) is 3.67. The maximum atomic E-state index is 14.5. The van der Waals surface area contributed by atoms with E-state index in [4.69, 9.17) is 4.98 Å². The predicted octanol–water partition coefficient (Wildman–Crippen LogP) is 3.33. The molecule has 0 atom stereocenters. The second-order valence-electron chi connectivity index (χ2n) is 7.94. The first-order valence-electron chi connectivity index (χ1n) is 9.94. The third-order valence-electron chi connectivity index (χ3n) is 6.15. The van der Waals surface area contributed by atoms with E-state index in [1.807, 2.05) is 17.0 Å². The van der Waals surface area contributed by atoms with Crippen LogP contribution in [0.25, 0.3) is 11.0 Å². The molecule has 4 heterocycles. The van der Waals surface area contributed by atoms with E-state index in [0.29, 0.717) is 29.9 Å². The van der Waals surface area contributed by atoms with Gasteiger partial charge in [-0.05, 0) is 43.7 Å². The fourth-order valence-electron chi connectivity index (χ4n) is 4.23. The SMILES string of the molecule is C=CC(=O)N1CCC12CN(c1ccc3ncnc(Nc4ccc(F)c(C)c4F)c3n1)C2. The molecule has 5 rings (SSSR count). The van der Waals surface area contributed by atoms with E-state index in [0.717, 1.165) is 18.8 Å². The third-order valence-corrected chi connectivity index (χ3v) is 6.15. The lowest BCUT2D eigenvalue weighted by Crippen LogP contribution is -2.78. The first-order valence-corrected chi connectivity index (χ1v) is 9.94. The maximum absolute atomic E-state index is 14.5. The monoisotopic (exact) mass is 422 g/mol. The molecule has 1 amide bonds. The average Bonchev–Trinajstić information content (AvgIpc) is 2.72. The van der Waals surface area contributed by atoms with Crippen LogP contribution in [0.3, 0.4) is 0 Å². The average molecular weight is 422 g/mol. The predicted molar refractivity (Wildman–Crippen MR) is 113 cm³/mol. The number of rotatable bonds is 4. The van der Waals surface area contributed by atoms with Crippen LogP contribution in [0.4, 0.5) is 26.1 Å². The molecule has 1 spiro atoms. The van der Waals surface area contributed by atoms with Crippen LogP contribution in [-0.4, -0.2) is 50.9 Å². The molecule has 2 aliphatic rings. The van der Waals surface area contributed by atoms with Gasteiger partial charge in [0, 0.05) is 25.2 Å². The Morgan fingerprint density at radius 3 is 2.74 bits per heavy atom. The number of aromatic nitrogens is 3. The third kappa shape index (κ3) is 2.99. The Bertz CT molecular complexity index is 1220. The topological polar surface area (TPSA) is 74.2 Å². The van der Waals surface area contributed by atoms with E-state index in [2.05, 4.69) is 26.8 Å². The number of carbonyl (C=O) groups excluding carboxylic acids is 1. The highest BCUT2D eigenvalue weighted by Gasteiger charge is 2.55. The minimum absolute atomic E-state index is 0.0473. The Morgan fingerprint density at radius 2 is 2.03 bits per heavy atom. The van der Waals surface area contributed by atoms with Gasteiger partial charge in [-0.25, -0.2) is 23.7 Å². The molecular weight excluding hydrogens is 402 g/mol. The molecule has 7 nitrogen and oxygen atoms in total. The van der Waals surface area contributed by atoms with E-state index in [-0.39, 0.29) is 22.7 Å².